The van der Waals surface area contributed by atoms with Gasteiger partial charge in [-0.1, -0.05) is 6.07 Å². The van der Waals surface area contributed by atoms with Crippen LogP contribution in [0.15, 0.2) is 28.0 Å². The van der Waals surface area contributed by atoms with Crippen molar-refractivity contribution in [3.05, 3.63) is 34.2 Å². The molecule has 10 heteroatoms. The van der Waals surface area contributed by atoms with Crippen molar-refractivity contribution in [1.82, 2.24) is 5.32 Å². The first kappa shape index (κ1) is 18.6. The van der Waals surface area contributed by atoms with E-state index in [4.69, 9.17) is 21.4 Å². The summed E-state index contributed by atoms with van der Waals surface area (Å²) < 4.78 is 10.1. The lowest BCUT2D eigenvalue weighted by molar-refractivity contribution is -0.114. The molecule has 0 aliphatic carbocycles. The lowest BCUT2D eigenvalue weighted by Gasteiger charge is -2.08. The van der Waals surface area contributed by atoms with Crippen LogP contribution < -0.4 is 16.0 Å². The number of thiocarbonyl (C=S) groups is 1. The van der Waals surface area contributed by atoms with Crippen molar-refractivity contribution in [3.8, 4) is 0 Å². The quantitative estimate of drug-likeness (QED) is 0.539. The van der Waals surface area contributed by atoms with Gasteiger partial charge in [0, 0.05) is 13.0 Å². The van der Waals surface area contributed by atoms with Crippen LogP contribution in [0.25, 0.3) is 0 Å². The summed E-state index contributed by atoms with van der Waals surface area (Å²) in [5.74, 6) is -1.58. The second kappa shape index (κ2) is 8.40. The summed E-state index contributed by atoms with van der Waals surface area (Å²) in [5, 5.41) is 9.39. The second-order valence-corrected chi connectivity index (χ2v) is 6.00. The third-order valence-corrected chi connectivity index (χ3v) is 3.79. The van der Waals surface area contributed by atoms with E-state index in [9.17, 15) is 14.4 Å². The van der Waals surface area contributed by atoms with Crippen LogP contribution in [0.2, 0.25) is 0 Å². The molecule has 0 spiro atoms. The van der Waals surface area contributed by atoms with Gasteiger partial charge in [-0.05, 0) is 30.6 Å². The number of carbonyl (C=O) groups is 3. The molecule has 25 heavy (non-hydrogen) atoms. The molecule has 132 valence electrons. The molecule has 2 amide bonds. The summed E-state index contributed by atoms with van der Waals surface area (Å²) >= 11 is 6.34. The highest BCUT2D eigenvalue weighted by atomic mass is 32.1. The number of hydrogen-bond acceptors (Lipinski definition) is 7. The van der Waals surface area contributed by atoms with E-state index in [1.807, 2.05) is 0 Å². The Hall–Kier alpha value is -2.72. The number of thiophene rings is 1. The smallest absolute Gasteiger partial charge is 0.374 e. The fourth-order valence-corrected chi connectivity index (χ4v) is 2.59. The molecule has 2 rings (SSSR count). The highest BCUT2D eigenvalue weighted by molar-refractivity contribution is 7.80. The maximum absolute atomic E-state index is 12.0. The topological polar surface area (TPSA) is 110 Å². The summed E-state index contributed by atoms with van der Waals surface area (Å²) in [5.41, 5.74) is 0.217. The van der Waals surface area contributed by atoms with Crippen LogP contribution in [0.5, 0.6) is 0 Å². The van der Waals surface area contributed by atoms with Crippen molar-refractivity contribution in [2.75, 3.05) is 17.2 Å². The van der Waals surface area contributed by atoms with Gasteiger partial charge in [-0.25, -0.2) is 4.79 Å². The molecule has 3 N–H and O–H groups in total. The van der Waals surface area contributed by atoms with Gasteiger partial charge in [0.1, 0.15) is 5.69 Å². The van der Waals surface area contributed by atoms with Crippen molar-refractivity contribution in [1.29, 1.82) is 0 Å². The van der Waals surface area contributed by atoms with Crippen LogP contribution >= 0.6 is 23.6 Å². The van der Waals surface area contributed by atoms with E-state index >= 15 is 0 Å². The molecule has 2 heterocycles. The van der Waals surface area contributed by atoms with Crippen molar-refractivity contribution in [2.24, 2.45) is 0 Å². The number of anilines is 2. The lowest BCUT2D eigenvalue weighted by atomic mass is 10.4. The Morgan fingerprint density at radius 3 is 2.68 bits per heavy atom. The van der Waals surface area contributed by atoms with E-state index in [1.165, 1.54) is 24.3 Å². The second-order valence-electron chi connectivity index (χ2n) is 4.64. The van der Waals surface area contributed by atoms with Gasteiger partial charge in [-0.15, -0.1) is 11.3 Å². The maximum Gasteiger partial charge on any atom is 0.374 e. The minimum atomic E-state index is -0.685. The number of nitrogens with one attached hydrogen (secondary N) is 3. The molecule has 2 aromatic heterocycles. The fourth-order valence-electron chi connectivity index (χ4n) is 1.77. The van der Waals surface area contributed by atoms with Crippen molar-refractivity contribution in [3.63, 3.8) is 0 Å². The number of rotatable bonds is 5. The molecular weight excluding hydrogens is 366 g/mol. The molecule has 0 saturated heterocycles. The van der Waals surface area contributed by atoms with Crippen LogP contribution in [-0.2, 0) is 9.53 Å². The third kappa shape index (κ3) is 5.13. The average Bonchev–Trinajstić information content (AvgIpc) is 3.17. The molecule has 8 nitrogen and oxygen atoms in total. The Morgan fingerprint density at radius 2 is 2.08 bits per heavy atom. The van der Waals surface area contributed by atoms with Gasteiger partial charge < -0.3 is 14.5 Å². The van der Waals surface area contributed by atoms with E-state index in [0.717, 1.165) is 0 Å². The highest BCUT2D eigenvalue weighted by Gasteiger charge is 2.20. The summed E-state index contributed by atoms with van der Waals surface area (Å²) in [6, 6.07) is 4.72. The van der Waals surface area contributed by atoms with Gasteiger partial charge >= 0.3 is 5.97 Å². The Bertz CT molecular complexity index is 798. The van der Waals surface area contributed by atoms with Gasteiger partial charge in [0.15, 0.2) is 5.11 Å². The predicted molar refractivity (Wildman–Crippen MR) is 97.0 cm³/mol. The van der Waals surface area contributed by atoms with Crippen LogP contribution in [0, 0.1) is 0 Å². The van der Waals surface area contributed by atoms with E-state index < -0.39 is 11.9 Å². The first-order chi connectivity index (χ1) is 11.9. The summed E-state index contributed by atoms with van der Waals surface area (Å²) in [6.07, 6.45) is 0. The highest BCUT2D eigenvalue weighted by Crippen LogP contribution is 2.27. The van der Waals surface area contributed by atoms with Gasteiger partial charge in [0.25, 0.3) is 5.91 Å². The fraction of sp³-hybridized carbons (Fsp3) is 0.200. The number of carbonyl (C=O) groups excluding carboxylic acids is 3. The van der Waals surface area contributed by atoms with Gasteiger partial charge in [-0.3, -0.25) is 20.2 Å². The number of esters is 1. The molecule has 0 aliphatic rings. The average molecular weight is 381 g/mol. The van der Waals surface area contributed by atoms with E-state index in [1.54, 1.807) is 24.4 Å². The van der Waals surface area contributed by atoms with Gasteiger partial charge in [0.2, 0.25) is 17.6 Å². The molecule has 0 radical (unpaired) electrons. The molecule has 0 fully saturated rings. The Kier molecular flexibility index (Phi) is 6.25. The Balaban J connectivity index is 2.13. The predicted octanol–water partition coefficient (Wildman–Crippen LogP) is 2.60. The standard InChI is InChI=1S/C15H15N3O5S2/c1-3-22-14(21)10-7-9(13(23-10)16-8(2)19)17-15(24)18-12(20)11-5-4-6-25-11/h4-7H,3H2,1-2H3,(H,16,19)(H2,17,18,20,24). The number of ether oxygens (including phenoxy) is 1. The molecule has 0 saturated carbocycles. The van der Waals surface area contributed by atoms with Crippen LogP contribution in [0.1, 0.15) is 34.1 Å². The van der Waals surface area contributed by atoms with Crippen LogP contribution in [0.4, 0.5) is 11.6 Å². The van der Waals surface area contributed by atoms with Crippen molar-refractivity contribution >= 4 is 58.0 Å². The number of hydrogen-bond donors (Lipinski definition) is 3. The molecule has 0 bridgehead atoms. The SMILES string of the molecule is CCOC(=O)c1cc(NC(=S)NC(=O)c2cccs2)c(NC(C)=O)o1. The molecule has 2 aromatic rings. The lowest BCUT2D eigenvalue weighted by Crippen LogP contribution is -2.33. The van der Waals surface area contributed by atoms with Gasteiger partial charge in [0.05, 0.1) is 11.5 Å². The van der Waals surface area contributed by atoms with E-state index in [-0.39, 0.29) is 35.0 Å². The van der Waals surface area contributed by atoms with Gasteiger partial charge in [-0.2, -0.15) is 0 Å². The minimum absolute atomic E-state index is 0.0109. The Morgan fingerprint density at radius 1 is 1.32 bits per heavy atom. The monoisotopic (exact) mass is 381 g/mol. The largest absolute Gasteiger partial charge is 0.460 e. The number of furan rings is 1. The summed E-state index contributed by atoms with van der Waals surface area (Å²) in [6.45, 7) is 3.12. The molecule has 0 aromatic carbocycles. The van der Waals surface area contributed by atoms with Crippen LogP contribution in [0.3, 0.4) is 0 Å². The van der Waals surface area contributed by atoms with Crippen LogP contribution in [-0.4, -0.2) is 29.5 Å². The zero-order valence-corrected chi connectivity index (χ0v) is 15.0. The molecule has 0 unspecified atom stereocenters. The maximum atomic E-state index is 12.0. The van der Waals surface area contributed by atoms with Crippen molar-refractivity contribution in [2.45, 2.75) is 13.8 Å². The zero-order valence-electron chi connectivity index (χ0n) is 13.4. The normalized spacial score (nSPS) is 10.0. The zero-order chi connectivity index (χ0) is 18.4. The van der Waals surface area contributed by atoms with E-state index in [0.29, 0.717) is 4.88 Å². The molecular formula is C15H15N3O5S2. The Labute approximate surface area is 152 Å². The first-order valence-corrected chi connectivity index (χ1v) is 8.44. The van der Waals surface area contributed by atoms with E-state index in [2.05, 4.69) is 16.0 Å². The third-order valence-electron chi connectivity index (χ3n) is 2.72. The molecule has 0 aliphatic heterocycles. The summed E-state index contributed by atoms with van der Waals surface area (Å²) in [4.78, 5) is 35.5. The molecule has 0 atom stereocenters. The minimum Gasteiger partial charge on any atom is -0.460 e. The number of amides is 2. The summed E-state index contributed by atoms with van der Waals surface area (Å²) in [7, 11) is 0. The van der Waals surface area contributed by atoms with Crippen molar-refractivity contribution < 1.29 is 23.5 Å². The first-order valence-electron chi connectivity index (χ1n) is 7.15.